The number of urea groups is 1. The van der Waals surface area contributed by atoms with Crippen molar-refractivity contribution in [2.45, 2.75) is 39.0 Å². The Balaban J connectivity index is 1.69. The van der Waals surface area contributed by atoms with Gasteiger partial charge in [0.2, 0.25) is 0 Å². The van der Waals surface area contributed by atoms with Gasteiger partial charge in [0.15, 0.2) is 5.78 Å². The van der Waals surface area contributed by atoms with E-state index in [-0.39, 0.29) is 12.3 Å². The van der Waals surface area contributed by atoms with Gasteiger partial charge in [0.1, 0.15) is 17.4 Å². The van der Waals surface area contributed by atoms with Crippen molar-refractivity contribution in [1.29, 1.82) is 0 Å². The lowest BCUT2D eigenvalue weighted by Crippen LogP contribution is -2.46. The summed E-state index contributed by atoms with van der Waals surface area (Å²) < 4.78 is 10.2. The van der Waals surface area contributed by atoms with Crippen LogP contribution in [0.25, 0.3) is 5.69 Å². The van der Waals surface area contributed by atoms with Crippen molar-refractivity contribution in [3.05, 3.63) is 86.2 Å². The molecule has 3 N–H and O–H groups in total. The van der Waals surface area contributed by atoms with Gasteiger partial charge in [0.05, 0.1) is 12.2 Å². The number of ketones is 1. The number of hydrogen-bond donors (Lipinski definition) is 2. The number of rotatable bonds is 3. The van der Waals surface area contributed by atoms with Crippen LogP contribution in [0.4, 0.5) is 10.5 Å². The Labute approximate surface area is 193 Å². The first kappa shape index (κ1) is 21.5. The number of carbonyl (C=O) groups is 2. The zero-order valence-electron chi connectivity index (χ0n) is 18.9. The molecule has 10 nitrogen and oxygen atoms in total. The van der Waals surface area contributed by atoms with Gasteiger partial charge >= 0.3 is 17.4 Å². The van der Waals surface area contributed by atoms with E-state index in [1.54, 1.807) is 42.5 Å². The van der Waals surface area contributed by atoms with Gasteiger partial charge in [-0.25, -0.2) is 28.3 Å². The Bertz CT molecular complexity index is 1500. The first-order valence-corrected chi connectivity index (χ1v) is 10.7. The molecule has 0 saturated heterocycles. The Morgan fingerprint density at radius 1 is 1.09 bits per heavy atom. The summed E-state index contributed by atoms with van der Waals surface area (Å²) in [7, 11) is 0. The number of benzene rings is 2. The largest absolute Gasteiger partial charge is 0.483 e. The molecule has 0 radical (unpaired) electrons. The molecule has 2 amide bonds. The van der Waals surface area contributed by atoms with Crippen molar-refractivity contribution in [2.75, 3.05) is 5.32 Å². The van der Waals surface area contributed by atoms with Crippen LogP contribution in [0, 0.1) is 0 Å². The van der Waals surface area contributed by atoms with Crippen LogP contribution < -0.4 is 27.2 Å². The van der Waals surface area contributed by atoms with Crippen LogP contribution in [0.1, 0.15) is 42.7 Å². The molecular weight excluding hydrogens is 438 g/mol. The van der Waals surface area contributed by atoms with E-state index < -0.39 is 29.1 Å². The van der Waals surface area contributed by atoms with E-state index in [2.05, 4.69) is 5.32 Å². The van der Waals surface area contributed by atoms with Gasteiger partial charge < -0.3 is 15.8 Å². The third kappa shape index (κ3) is 3.18. The van der Waals surface area contributed by atoms with E-state index in [1.807, 2.05) is 19.9 Å². The highest BCUT2D eigenvalue weighted by Crippen LogP contribution is 2.46. The molecule has 3 heterocycles. The molecule has 0 spiro atoms. The minimum Gasteiger partial charge on any atom is -0.483 e. The Morgan fingerprint density at radius 3 is 2.44 bits per heavy atom. The predicted octanol–water partition coefficient (Wildman–Crippen LogP) is 2.19. The van der Waals surface area contributed by atoms with Crippen molar-refractivity contribution >= 4 is 17.5 Å². The van der Waals surface area contributed by atoms with Gasteiger partial charge in [-0.2, -0.15) is 0 Å². The summed E-state index contributed by atoms with van der Waals surface area (Å²) >= 11 is 0. The van der Waals surface area contributed by atoms with Crippen molar-refractivity contribution < 1.29 is 14.3 Å². The summed E-state index contributed by atoms with van der Waals surface area (Å²) in [5, 5.41) is 2.52. The van der Waals surface area contributed by atoms with E-state index in [0.717, 1.165) is 10.1 Å². The van der Waals surface area contributed by atoms with Gasteiger partial charge in [-0.15, -0.1) is 0 Å². The molecule has 2 aromatic carbocycles. The molecule has 2 aliphatic heterocycles. The first-order valence-electron chi connectivity index (χ1n) is 10.7. The summed E-state index contributed by atoms with van der Waals surface area (Å²) in [5.74, 6) is 0.372. The van der Waals surface area contributed by atoms with Crippen LogP contribution >= 0.6 is 0 Å². The average molecular weight is 461 g/mol. The molecule has 1 unspecified atom stereocenters. The molecule has 0 fully saturated rings. The molecule has 1 atom stereocenters. The minimum atomic E-state index is -0.769. The highest BCUT2D eigenvalue weighted by molar-refractivity contribution is 5.94. The third-order valence-electron chi connectivity index (χ3n) is 6.25. The second kappa shape index (κ2) is 7.34. The van der Waals surface area contributed by atoms with Crippen LogP contribution in [-0.2, 0) is 6.54 Å². The predicted molar refractivity (Wildman–Crippen MR) is 125 cm³/mol. The third-order valence-corrected chi connectivity index (χ3v) is 6.25. The second-order valence-electron chi connectivity index (χ2n) is 8.85. The summed E-state index contributed by atoms with van der Waals surface area (Å²) in [5.41, 5.74) is 6.35. The number of amides is 2. The summed E-state index contributed by atoms with van der Waals surface area (Å²) in [6, 6.07) is 10.2. The monoisotopic (exact) mass is 461 g/mol. The standard InChI is InChI=1S/C24H23N5O5/c1-13(30)14-4-7-16(8-5-14)28-22(32)27-11-10-18-20(29(27)23(28)33)17-9-6-15(26-21(25)31)12-19(17)34-24(18,2)3/h4-10,12,20H,11H2,1-3H3,(H3,25,26,31). The Hall–Kier alpha value is -4.34. The lowest BCUT2D eigenvalue weighted by Gasteiger charge is -2.42. The highest BCUT2D eigenvalue weighted by Gasteiger charge is 2.43. The van der Waals surface area contributed by atoms with E-state index in [0.29, 0.717) is 28.3 Å². The van der Waals surface area contributed by atoms with Gasteiger partial charge in [0.25, 0.3) is 0 Å². The molecule has 1 aromatic heterocycles. The lowest BCUT2D eigenvalue weighted by molar-refractivity contribution is 0.101. The van der Waals surface area contributed by atoms with Gasteiger partial charge in [-0.05, 0) is 56.7 Å². The number of aromatic nitrogens is 3. The Morgan fingerprint density at radius 2 is 1.79 bits per heavy atom. The second-order valence-corrected chi connectivity index (χ2v) is 8.85. The molecular formula is C24H23N5O5. The minimum absolute atomic E-state index is 0.105. The smallest absolute Gasteiger partial charge is 0.352 e. The summed E-state index contributed by atoms with van der Waals surface area (Å²) in [4.78, 5) is 49.8. The van der Waals surface area contributed by atoms with Gasteiger partial charge in [-0.1, -0.05) is 12.1 Å². The SMILES string of the molecule is CC(=O)c1ccc(-n2c(=O)n3n(c2=O)C2C(=CC3)C(C)(C)Oc3cc(NC(N)=O)ccc32)cc1. The van der Waals surface area contributed by atoms with Crippen LogP contribution in [-0.4, -0.2) is 31.3 Å². The van der Waals surface area contributed by atoms with E-state index in [1.165, 1.54) is 16.3 Å². The van der Waals surface area contributed by atoms with E-state index >= 15 is 0 Å². The summed E-state index contributed by atoms with van der Waals surface area (Å²) in [6.07, 6.45) is 1.91. The number of ether oxygens (including phenoxy) is 1. The number of nitrogens with zero attached hydrogens (tertiary/aromatic N) is 3. The van der Waals surface area contributed by atoms with Crippen molar-refractivity contribution in [1.82, 2.24) is 13.9 Å². The van der Waals surface area contributed by atoms with Crippen molar-refractivity contribution in [3.63, 3.8) is 0 Å². The van der Waals surface area contributed by atoms with Crippen LogP contribution in [0.3, 0.4) is 0 Å². The van der Waals surface area contributed by atoms with Crippen LogP contribution in [0.15, 0.2) is 63.7 Å². The molecule has 34 heavy (non-hydrogen) atoms. The van der Waals surface area contributed by atoms with Crippen molar-refractivity contribution in [3.8, 4) is 11.4 Å². The zero-order chi connectivity index (χ0) is 24.4. The van der Waals surface area contributed by atoms with Gasteiger partial charge in [0, 0.05) is 22.9 Å². The normalized spacial score (nSPS) is 17.5. The molecule has 174 valence electrons. The molecule has 3 aromatic rings. The fraction of sp³-hybridized carbons (Fsp3) is 0.250. The quantitative estimate of drug-likeness (QED) is 0.456. The van der Waals surface area contributed by atoms with Gasteiger partial charge in [-0.3, -0.25) is 4.79 Å². The maximum absolute atomic E-state index is 13.6. The van der Waals surface area contributed by atoms with Crippen LogP contribution in [0.2, 0.25) is 0 Å². The number of Topliss-reactive ketones (excluding diaryl/α,β-unsaturated/α-hetero) is 1. The number of nitrogens with one attached hydrogen (secondary N) is 1. The molecule has 10 heteroatoms. The molecule has 0 bridgehead atoms. The highest BCUT2D eigenvalue weighted by atomic mass is 16.5. The number of fused-ring (bicyclic) bond motifs is 5. The number of hydrogen-bond acceptors (Lipinski definition) is 5. The Kier molecular flexibility index (Phi) is 4.64. The zero-order valence-corrected chi connectivity index (χ0v) is 18.9. The molecule has 2 aliphatic rings. The number of carbonyl (C=O) groups excluding carboxylic acids is 2. The van der Waals surface area contributed by atoms with Crippen molar-refractivity contribution in [2.24, 2.45) is 5.73 Å². The summed E-state index contributed by atoms with van der Waals surface area (Å²) in [6.45, 7) is 5.44. The first-order chi connectivity index (χ1) is 16.1. The molecule has 0 aliphatic carbocycles. The fourth-order valence-corrected chi connectivity index (χ4v) is 4.68. The van der Waals surface area contributed by atoms with E-state index in [9.17, 15) is 19.2 Å². The lowest BCUT2D eigenvalue weighted by atomic mass is 9.83. The topological polar surface area (TPSA) is 130 Å². The number of anilines is 1. The fourth-order valence-electron chi connectivity index (χ4n) is 4.68. The maximum Gasteiger partial charge on any atom is 0.352 e. The average Bonchev–Trinajstić information content (AvgIpc) is 3.03. The molecule has 0 saturated carbocycles. The van der Waals surface area contributed by atoms with Crippen LogP contribution in [0.5, 0.6) is 5.75 Å². The number of allylic oxidation sites excluding steroid dienone is 1. The van der Waals surface area contributed by atoms with E-state index in [4.69, 9.17) is 10.5 Å². The number of nitrogens with two attached hydrogens (primary N) is 1. The number of primary amides is 1. The molecule has 5 rings (SSSR count). The maximum atomic E-state index is 13.6.